The molecule has 0 bridgehead atoms. The fourth-order valence-electron chi connectivity index (χ4n) is 2.30. The summed E-state index contributed by atoms with van der Waals surface area (Å²) in [6.45, 7) is 0. The van der Waals surface area contributed by atoms with Crippen LogP contribution >= 0.6 is 22.6 Å². The smallest absolute Gasteiger partial charge is 0.251 e. The van der Waals surface area contributed by atoms with Gasteiger partial charge in [-0.05, 0) is 60.1 Å². The van der Waals surface area contributed by atoms with E-state index in [0.29, 0.717) is 11.3 Å². The molecule has 1 saturated carbocycles. The lowest BCUT2D eigenvalue weighted by molar-refractivity contribution is 0.0915. The number of nitrogens with one attached hydrogen (secondary N) is 1. The Morgan fingerprint density at radius 2 is 2.22 bits per heavy atom. The molecule has 5 heteroatoms. The Hall–Kier alpha value is -0.820. The van der Waals surface area contributed by atoms with Crippen LogP contribution in [-0.4, -0.2) is 25.2 Å². The number of benzene rings is 1. The van der Waals surface area contributed by atoms with Crippen LogP contribution in [0.3, 0.4) is 0 Å². The number of anilines is 1. The molecule has 2 unspecified atom stereocenters. The lowest BCUT2D eigenvalue weighted by atomic mass is 10.1. The number of nitrogen functional groups attached to an aromatic ring is 1. The average Bonchev–Trinajstić information content (AvgIpc) is 2.75. The van der Waals surface area contributed by atoms with E-state index >= 15 is 0 Å². The van der Waals surface area contributed by atoms with E-state index in [1.807, 2.05) is 12.1 Å². The molecule has 98 valence electrons. The number of hydrogen-bond donors (Lipinski definition) is 2. The van der Waals surface area contributed by atoms with E-state index in [1.165, 1.54) is 0 Å². The Kier molecular flexibility index (Phi) is 4.45. The molecule has 1 aromatic carbocycles. The second kappa shape index (κ2) is 5.88. The number of carbonyl (C=O) groups excluding carboxylic acids is 1. The fourth-order valence-corrected chi connectivity index (χ4v) is 2.99. The van der Waals surface area contributed by atoms with Gasteiger partial charge in [-0.1, -0.05) is 0 Å². The minimum absolute atomic E-state index is 0.0537. The predicted molar refractivity (Wildman–Crippen MR) is 79.5 cm³/mol. The van der Waals surface area contributed by atoms with Crippen LogP contribution in [0.1, 0.15) is 29.6 Å². The van der Waals surface area contributed by atoms with Gasteiger partial charge >= 0.3 is 0 Å². The molecule has 0 radical (unpaired) electrons. The van der Waals surface area contributed by atoms with Gasteiger partial charge < -0.3 is 15.8 Å². The SMILES string of the molecule is COC1CCC(NC(=O)c2cc(N)cc(I)c2)C1. The number of carbonyl (C=O) groups is 1. The molecule has 2 rings (SSSR count). The second-order valence-corrected chi connectivity index (χ2v) is 5.86. The molecule has 18 heavy (non-hydrogen) atoms. The first-order chi connectivity index (χ1) is 8.58. The number of hydrogen-bond acceptors (Lipinski definition) is 3. The summed E-state index contributed by atoms with van der Waals surface area (Å²) < 4.78 is 6.27. The molecule has 4 nitrogen and oxygen atoms in total. The van der Waals surface area contributed by atoms with E-state index in [9.17, 15) is 4.79 Å². The Morgan fingerprint density at radius 1 is 1.44 bits per heavy atom. The van der Waals surface area contributed by atoms with Crippen LogP contribution in [0.2, 0.25) is 0 Å². The molecule has 1 aromatic rings. The van der Waals surface area contributed by atoms with Crippen molar-refractivity contribution in [2.24, 2.45) is 0 Å². The lowest BCUT2D eigenvalue weighted by Gasteiger charge is -2.13. The van der Waals surface area contributed by atoms with Gasteiger partial charge in [-0.25, -0.2) is 0 Å². The van der Waals surface area contributed by atoms with E-state index < -0.39 is 0 Å². The monoisotopic (exact) mass is 360 g/mol. The van der Waals surface area contributed by atoms with E-state index in [2.05, 4.69) is 27.9 Å². The summed E-state index contributed by atoms with van der Waals surface area (Å²) in [5.41, 5.74) is 6.99. The quantitative estimate of drug-likeness (QED) is 0.642. The maximum Gasteiger partial charge on any atom is 0.251 e. The molecule has 0 aliphatic heterocycles. The zero-order chi connectivity index (χ0) is 13.1. The molecule has 0 spiro atoms. The van der Waals surface area contributed by atoms with Gasteiger partial charge in [-0.15, -0.1) is 0 Å². The Bertz CT molecular complexity index is 430. The van der Waals surface area contributed by atoms with Gasteiger partial charge in [-0.3, -0.25) is 4.79 Å². The molecular formula is C13H17IN2O2. The standard InChI is InChI=1S/C13H17IN2O2/c1-18-12-3-2-11(7-12)16-13(17)8-4-9(14)6-10(15)5-8/h4-6,11-12H,2-3,7,15H2,1H3,(H,16,17). The van der Waals surface area contributed by atoms with Gasteiger partial charge in [0.2, 0.25) is 0 Å². The maximum atomic E-state index is 12.1. The van der Waals surface area contributed by atoms with Crippen molar-refractivity contribution in [2.45, 2.75) is 31.4 Å². The van der Waals surface area contributed by atoms with Crippen LogP contribution in [0, 0.1) is 3.57 Å². The van der Waals surface area contributed by atoms with Crippen LogP contribution in [0.4, 0.5) is 5.69 Å². The molecule has 2 atom stereocenters. The van der Waals surface area contributed by atoms with E-state index in [-0.39, 0.29) is 18.1 Å². The Labute approximate surface area is 120 Å². The summed E-state index contributed by atoms with van der Waals surface area (Å²) in [6.07, 6.45) is 3.15. The van der Waals surface area contributed by atoms with Crippen LogP contribution < -0.4 is 11.1 Å². The molecule has 1 aliphatic rings. The van der Waals surface area contributed by atoms with Gasteiger partial charge in [0.05, 0.1) is 6.10 Å². The molecular weight excluding hydrogens is 343 g/mol. The van der Waals surface area contributed by atoms with Crippen LogP contribution in [0.25, 0.3) is 0 Å². The first-order valence-corrected chi connectivity index (χ1v) is 7.06. The zero-order valence-corrected chi connectivity index (χ0v) is 12.4. The molecule has 0 aromatic heterocycles. The maximum absolute atomic E-state index is 12.1. The van der Waals surface area contributed by atoms with Crippen molar-refractivity contribution in [1.82, 2.24) is 5.32 Å². The van der Waals surface area contributed by atoms with Gasteiger partial charge in [0.1, 0.15) is 0 Å². The average molecular weight is 360 g/mol. The highest BCUT2D eigenvalue weighted by Crippen LogP contribution is 2.22. The largest absolute Gasteiger partial charge is 0.399 e. The Morgan fingerprint density at radius 3 is 2.83 bits per heavy atom. The van der Waals surface area contributed by atoms with Crippen LogP contribution in [0.5, 0.6) is 0 Å². The summed E-state index contributed by atoms with van der Waals surface area (Å²) in [7, 11) is 1.72. The number of halogens is 1. The molecule has 1 amide bonds. The third kappa shape index (κ3) is 3.35. The van der Waals surface area contributed by atoms with Crippen molar-refractivity contribution in [3.63, 3.8) is 0 Å². The van der Waals surface area contributed by atoms with Crippen LogP contribution in [0.15, 0.2) is 18.2 Å². The molecule has 3 N–H and O–H groups in total. The molecule has 1 fully saturated rings. The van der Waals surface area contributed by atoms with Crippen molar-refractivity contribution >= 4 is 34.2 Å². The van der Waals surface area contributed by atoms with E-state index in [4.69, 9.17) is 10.5 Å². The van der Waals surface area contributed by atoms with Gasteiger partial charge in [0.15, 0.2) is 0 Å². The number of rotatable bonds is 3. The van der Waals surface area contributed by atoms with Crippen molar-refractivity contribution in [2.75, 3.05) is 12.8 Å². The highest BCUT2D eigenvalue weighted by atomic mass is 127. The fraction of sp³-hybridized carbons (Fsp3) is 0.462. The minimum atomic E-state index is -0.0537. The van der Waals surface area contributed by atoms with Gasteiger partial charge in [0, 0.05) is 28.0 Å². The number of nitrogens with two attached hydrogens (primary N) is 1. The van der Waals surface area contributed by atoms with Gasteiger partial charge in [0.25, 0.3) is 5.91 Å². The van der Waals surface area contributed by atoms with Crippen molar-refractivity contribution in [3.05, 3.63) is 27.3 Å². The highest BCUT2D eigenvalue weighted by molar-refractivity contribution is 14.1. The topological polar surface area (TPSA) is 64.3 Å². The van der Waals surface area contributed by atoms with Crippen molar-refractivity contribution in [3.8, 4) is 0 Å². The normalized spacial score (nSPS) is 23.0. The first kappa shape index (κ1) is 13.6. The zero-order valence-electron chi connectivity index (χ0n) is 10.3. The van der Waals surface area contributed by atoms with Crippen molar-refractivity contribution < 1.29 is 9.53 Å². The third-order valence-corrected chi connectivity index (χ3v) is 3.86. The number of amides is 1. The number of ether oxygens (including phenoxy) is 1. The summed E-state index contributed by atoms with van der Waals surface area (Å²) in [5.74, 6) is -0.0537. The summed E-state index contributed by atoms with van der Waals surface area (Å²) >= 11 is 2.16. The summed E-state index contributed by atoms with van der Waals surface area (Å²) in [5, 5.41) is 3.04. The molecule has 0 saturated heterocycles. The first-order valence-electron chi connectivity index (χ1n) is 5.98. The minimum Gasteiger partial charge on any atom is -0.399 e. The van der Waals surface area contributed by atoms with Gasteiger partial charge in [-0.2, -0.15) is 0 Å². The molecule has 1 aliphatic carbocycles. The highest BCUT2D eigenvalue weighted by Gasteiger charge is 2.25. The summed E-state index contributed by atoms with van der Waals surface area (Å²) in [4.78, 5) is 12.1. The van der Waals surface area contributed by atoms with Crippen molar-refractivity contribution in [1.29, 1.82) is 0 Å². The van der Waals surface area contributed by atoms with Crippen LogP contribution in [-0.2, 0) is 4.74 Å². The van der Waals surface area contributed by atoms with E-state index in [0.717, 1.165) is 22.8 Å². The summed E-state index contributed by atoms with van der Waals surface area (Å²) in [6, 6.07) is 5.60. The number of methoxy groups -OCH3 is 1. The molecule has 0 heterocycles. The predicted octanol–water partition coefficient (Wildman–Crippen LogP) is 2.17. The second-order valence-electron chi connectivity index (χ2n) is 4.61. The van der Waals surface area contributed by atoms with E-state index in [1.54, 1.807) is 13.2 Å². The Balaban J connectivity index is 1.99. The third-order valence-electron chi connectivity index (χ3n) is 3.24. The lowest BCUT2D eigenvalue weighted by Crippen LogP contribution is -2.33.